The third kappa shape index (κ3) is 5.86. The monoisotopic (exact) mass is 452 g/mol. The van der Waals surface area contributed by atoms with Crippen molar-refractivity contribution in [2.45, 2.75) is 58.1 Å². The second-order valence-electron chi connectivity index (χ2n) is 6.29. The van der Waals surface area contributed by atoms with Crippen LogP contribution >= 0.6 is 35.3 Å². The first kappa shape index (κ1) is 20.6. The van der Waals surface area contributed by atoms with Crippen LogP contribution < -0.4 is 5.32 Å². The van der Waals surface area contributed by atoms with Crippen molar-refractivity contribution in [1.82, 2.24) is 15.2 Å². The minimum Gasteiger partial charge on any atom is -0.388 e. The van der Waals surface area contributed by atoms with Gasteiger partial charge in [0, 0.05) is 25.5 Å². The largest absolute Gasteiger partial charge is 0.388 e. The molecule has 1 heterocycles. The number of aliphatic hydroxyl groups is 1. The number of rotatable bonds is 5. The first-order valence-electron chi connectivity index (χ1n) is 8.07. The average Bonchev–Trinajstić information content (AvgIpc) is 2.89. The number of fused-ring (bicyclic) bond motifs is 1. The highest BCUT2D eigenvalue weighted by Gasteiger charge is 2.20. The van der Waals surface area contributed by atoms with Gasteiger partial charge in [0.15, 0.2) is 5.96 Å². The minimum absolute atomic E-state index is 0. The second kappa shape index (κ2) is 9.17. The van der Waals surface area contributed by atoms with Crippen LogP contribution in [0.3, 0.4) is 0 Å². The first-order chi connectivity index (χ1) is 10.4. The van der Waals surface area contributed by atoms with Crippen LogP contribution in [0.25, 0.3) is 0 Å². The van der Waals surface area contributed by atoms with Gasteiger partial charge >= 0.3 is 0 Å². The molecule has 5 nitrogen and oxygen atoms in total. The summed E-state index contributed by atoms with van der Waals surface area (Å²) in [5.41, 5.74) is 0.591. The van der Waals surface area contributed by atoms with Crippen LogP contribution in [-0.4, -0.2) is 47.2 Å². The van der Waals surface area contributed by atoms with Crippen molar-refractivity contribution in [2.75, 3.05) is 20.6 Å². The highest BCUT2D eigenvalue weighted by Crippen LogP contribution is 2.27. The van der Waals surface area contributed by atoms with Crippen molar-refractivity contribution < 1.29 is 5.11 Å². The average molecular weight is 452 g/mol. The van der Waals surface area contributed by atoms with Crippen LogP contribution in [-0.2, 0) is 19.4 Å². The Kier molecular flexibility index (Phi) is 8.23. The van der Waals surface area contributed by atoms with Gasteiger partial charge in [0.2, 0.25) is 0 Å². The number of aliphatic imine (C=N–C) groups is 1. The molecule has 0 radical (unpaired) electrons. The van der Waals surface area contributed by atoms with Crippen molar-refractivity contribution in [3.8, 4) is 0 Å². The van der Waals surface area contributed by atoms with E-state index in [1.54, 1.807) is 7.05 Å². The van der Waals surface area contributed by atoms with Gasteiger partial charge in [0.25, 0.3) is 0 Å². The fourth-order valence-corrected chi connectivity index (χ4v) is 3.74. The molecule has 23 heavy (non-hydrogen) atoms. The molecule has 0 fully saturated rings. The Labute approximate surface area is 160 Å². The van der Waals surface area contributed by atoms with Gasteiger partial charge in [-0.2, -0.15) is 0 Å². The SMILES string of the molecule is CCC(C)(O)CNC(=NC)N(C)Cc1nc2c(s1)CCCC2.I. The van der Waals surface area contributed by atoms with Gasteiger partial charge in [-0.05, 0) is 39.0 Å². The van der Waals surface area contributed by atoms with Gasteiger partial charge in [-0.25, -0.2) is 4.98 Å². The molecule has 0 amide bonds. The highest BCUT2D eigenvalue weighted by molar-refractivity contribution is 14.0. The molecule has 0 aliphatic heterocycles. The second-order valence-corrected chi connectivity index (χ2v) is 7.46. The predicted molar refractivity (Wildman–Crippen MR) is 108 cm³/mol. The fourth-order valence-electron chi connectivity index (χ4n) is 2.53. The topological polar surface area (TPSA) is 60.8 Å². The molecular formula is C16H29IN4OS. The van der Waals surface area contributed by atoms with Gasteiger partial charge in [-0.1, -0.05) is 6.92 Å². The Bertz CT molecular complexity index is 507. The summed E-state index contributed by atoms with van der Waals surface area (Å²) in [4.78, 5) is 12.6. The highest BCUT2D eigenvalue weighted by atomic mass is 127. The molecule has 2 N–H and O–H groups in total. The third-order valence-corrected chi connectivity index (χ3v) is 5.37. The molecule has 1 aromatic heterocycles. The molecule has 1 aliphatic rings. The summed E-state index contributed by atoms with van der Waals surface area (Å²) in [7, 11) is 3.78. The van der Waals surface area contributed by atoms with E-state index in [1.807, 2.05) is 32.2 Å². The lowest BCUT2D eigenvalue weighted by atomic mass is 10.0. The molecule has 0 saturated heterocycles. The van der Waals surface area contributed by atoms with Gasteiger partial charge in [-0.3, -0.25) is 4.99 Å². The minimum atomic E-state index is -0.711. The van der Waals surface area contributed by atoms with Crippen LogP contribution in [0.4, 0.5) is 0 Å². The molecule has 1 atom stereocenters. The van der Waals surface area contributed by atoms with Crippen LogP contribution in [0.1, 0.15) is 48.7 Å². The lowest BCUT2D eigenvalue weighted by Gasteiger charge is -2.26. The van der Waals surface area contributed by atoms with E-state index in [0.29, 0.717) is 13.0 Å². The molecule has 2 rings (SSSR count). The summed E-state index contributed by atoms with van der Waals surface area (Å²) in [6, 6.07) is 0. The normalized spacial score (nSPS) is 17.0. The fraction of sp³-hybridized carbons (Fsp3) is 0.750. The zero-order valence-corrected chi connectivity index (χ0v) is 17.7. The molecule has 7 heteroatoms. The van der Waals surface area contributed by atoms with E-state index in [1.165, 1.54) is 29.8 Å². The number of hydrogen-bond donors (Lipinski definition) is 2. The van der Waals surface area contributed by atoms with Crippen LogP contribution in [0.2, 0.25) is 0 Å². The van der Waals surface area contributed by atoms with Crippen molar-refractivity contribution in [2.24, 2.45) is 4.99 Å². The molecule has 132 valence electrons. The Hall–Kier alpha value is -0.410. The molecular weight excluding hydrogens is 423 g/mol. The van der Waals surface area contributed by atoms with E-state index in [4.69, 9.17) is 4.98 Å². The Morgan fingerprint density at radius 2 is 2.13 bits per heavy atom. The van der Waals surface area contributed by atoms with Gasteiger partial charge < -0.3 is 15.3 Å². The van der Waals surface area contributed by atoms with E-state index >= 15 is 0 Å². The number of thiazole rings is 1. The van der Waals surface area contributed by atoms with E-state index in [2.05, 4.69) is 15.2 Å². The van der Waals surface area contributed by atoms with E-state index in [0.717, 1.165) is 23.9 Å². The Morgan fingerprint density at radius 1 is 1.43 bits per heavy atom. The van der Waals surface area contributed by atoms with Crippen LogP contribution in [0.15, 0.2) is 4.99 Å². The molecule has 1 unspecified atom stereocenters. The number of guanidine groups is 1. The number of aromatic nitrogens is 1. The maximum Gasteiger partial charge on any atom is 0.193 e. The number of nitrogens with one attached hydrogen (secondary N) is 1. The zero-order valence-electron chi connectivity index (χ0n) is 14.6. The maximum absolute atomic E-state index is 10.1. The van der Waals surface area contributed by atoms with Gasteiger partial charge in [-0.15, -0.1) is 35.3 Å². The number of hydrogen-bond acceptors (Lipinski definition) is 4. The van der Waals surface area contributed by atoms with Crippen molar-refractivity contribution in [1.29, 1.82) is 0 Å². The van der Waals surface area contributed by atoms with E-state index in [9.17, 15) is 5.11 Å². The van der Waals surface area contributed by atoms with Gasteiger partial charge in [0.05, 0.1) is 17.8 Å². The molecule has 0 aromatic carbocycles. The van der Waals surface area contributed by atoms with Crippen molar-refractivity contribution >= 4 is 41.3 Å². The lowest BCUT2D eigenvalue weighted by Crippen LogP contribution is -2.45. The summed E-state index contributed by atoms with van der Waals surface area (Å²) >= 11 is 1.83. The van der Waals surface area contributed by atoms with Crippen LogP contribution in [0, 0.1) is 0 Å². The van der Waals surface area contributed by atoms with E-state index in [-0.39, 0.29) is 24.0 Å². The summed E-state index contributed by atoms with van der Waals surface area (Å²) in [5.74, 6) is 0.793. The lowest BCUT2D eigenvalue weighted by molar-refractivity contribution is 0.0598. The first-order valence-corrected chi connectivity index (χ1v) is 8.88. The molecule has 0 bridgehead atoms. The predicted octanol–water partition coefficient (Wildman–Crippen LogP) is 2.81. The van der Waals surface area contributed by atoms with E-state index < -0.39 is 5.60 Å². The Morgan fingerprint density at radius 3 is 2.74 bits per heavy atom. The smallest absolute Gasteiger partial charge is 0.193 e. The molecule has 0 saturated carbocycles. The van der Waals surface area contributed by atoms with Crippen molar-refractivity contribution in [3.05, 3.63) is 15.6 Å². The Balaban J connectivity index is 0.00000264. The molecule has 0 spiro atoms. The number of nitrogens with zero attached hydrogens (tertiary/aromatic N) is 3. The van der Waals surface area contributed by atoms with Gasteiger partial charge in [0.1, 0.15) is 5.01 Å². The zero-order chi connectivity index (χ0) is 16.2. The molecule has 1 aromatic rings. The quantitative estimate of drug-likeness (QED) is 0.410. The standard InChI is InChI=1S/C16H28N4OS.HI/c1-5-16(2,21)11-18-15(17-3)20(4)10-14-19-12-8-6-7-9-13(12)22-14;/h21H,5-11H2,1-4H3,(H,17,18);1H. The summed E-state index contributed by atoms with van der Waals surface area (Å²) < 4.78 is 0. The van der Waals surface area contributed by atoms with Crippen LogP contribution in [0.5, 0.6) is 0 Å². The summed E-state index contributed by atoms with van der Waals surface area (Å²) in [5, 5.41) is 14.5. The third-order valence-electron chi connectivity index (χ3n) is 4.22. The number of aryl methyl sites for hydroxylation is 2. The summed E-state index contributed by atoms with van der Waals surface area (Å²) in [6.45, 7) is 5.07. The summed E-state index contributed by atoms with van der Waals surface area (Å²) in [6.07, 6.45) is 5.58. The van der Waals surface area contributed by atoms with Crippen molar-refractivity contribution in [3.63, 3.8) is 0 Å². The number of halogens is 1. The maximum atomic E-state index is 10.1. The molecule has 1 aliphatic carbocycles.